The molecule has 0 radical (unpaired) electrons. The summed E-state index contributed by atoms with van der Waals surface area (Å²) >= 11 is 3.38. The lowest BCUT2D eigenvalue weighted by molar-refractivity contribution is 0.0604. The maximum atomic E-state index is 11.5. The molecule has 0 amide bonds. The predicted octanol–water partition coefficient (Wildman–Crippen LogP) is 2.30. The summed E-state index contributed by atoms with van der Waals surface area (Å²) in [6, 6.07) is 5.56. The molecule has 0 saturated carbocycles. The van der Waals surface area contributed by atoms with Crippen LogP contribution in [0.4, 0.5) is 5.82 Å². The van der Waals surface area contributed by atoms with Gasteiger partial charge in [-0.3, -0.25) is 0 Å². The molecule has 1 heterocycles. The summed E-state index contributed by atoms with van der Waals surface area (Å²) in [5, 5.41) is 0.752. The van der Waals surface area contributed by atoms with Crippen molar-refractivity contribution in [1.29, 1.82) is 0 Å². The Morgan fingerprint density at radius 3 is 2.93 bits per heavy atom. The second kappa shape index (κ2) is 3.58. The zero-order chi connectivity index (χ0) is 11.0. The Hall–Kier alpha value is -1.49. The molecule has 2 rings (SSSR count). The third-order valence-electron chi connectivity index (χ3n) is 2.19. The van der Waals surface area contributed by atoms with E-state index in [2.05, 4.69) is 25.7 Å². The van der Waals surface area contributed by atoms with Gasteiger partial charge in [-0.2, -0.15) is 0 Å². The number of nitrogens with one attached hydrogen (secondary N) is 1. The minimum Gasteiger partial charge on any atom is -0.465 e. The quantitative estimate of drug-likeness (QED) is 0.780. The van der Waals surface area contributed by atoms with Gasteiger partial charge in [0.2, 0.25) is 0 Å². The van der Waals surface area contributed by atoms with E-state index < -0.39 is 5.97 Å². The number of nitrogens with two attached hydrogens (primary N) is 1. The van der Waals surface area contributed by atoms with Crippen LogP contribution in [0.1, 0.15) is 10.4 Å². The molecule has 0 unspecified atom stereocenters. The lowest BCUT2D eigenvalue weighted by Crippen LogP contribution is -2.03. The third-order valence-corrected chi connectivity index (χ3v) is 2.85. The van der Waals surface area contributed by atoms with Gasteiger partial charge in [-0.05, 0) is 12.1 Å². The zero-order valence-electron chi connectivity index (χ0n) is 8.00. The highest BCUT2D eigenvalue weighted by Crippen LogP contribution is 2.31. The third kappa shape index (κ3) is 1.48. The van der Waals surface area contributed by atoms with Gasteiger partial charge in [0.15, 0.2) is 0 Å². The van der Waals surface area contributed by atoms with E-state index in [-0.39, 0.29) is 0 Å². The molecule has 3 N–H and O–H groups in total. The van der Waals surface area contributed by atoms with E-state index in [1.165, 1.54) is 7.11 Å². The molecule has 4 nitrogen and oxygen atoms in total. The Bertz CT molecular complexity index is 533. The molecule has 1 aromatic carbocycles. The highest BCUT2D eigenvalue weighted by Gasteiger charge is 2.18. The first-order valence-electron chi connectivity index (χ1n) is 4.29. The van der Waals surface area contributed by atoms with Gasteiger partial charge >= 0.3 is 5.97 Å². The number of nitrogen functional groups attached to an aromatic ring is 1. The molecule has 0 aliphatic rings. The van der Waals surface area contributed by atoms with E-state index in [1.54, 1.807) is 0 Å². The van der Waals surface area contributed by atoms with Crippen LogP contribution in [0.2, 0.25) is 0 Å². The highest BCUT2D eigenvalue weighted by atomic mass is 79.9. The van der Waals surface area contributed by atoms with Crippen LogP contribution in [0, 0.1) is 0 Å². The van der Waals surface area contributed by atoms with Crippen LogP contribution < -0.4 is 5.73 Å². The van der Waals surface area contributed by atoms with Crippen LogP contribution in [0.25, 0.3) is 10.9 Å². The predicted molar refractivity (Wildman–Crippen MR) is 61.8 cm³/mol. The Labute approximate surface area is 94.5 Å². The first-order valence-corrected chi connectivity index (χ1v) is 5.08. The van der Waals surface area contributed by atoms with Crippen molar-refractivity contribution in [2.45, 2.75) is 0 Å². The SMILES string of the molecule is COC(=O)c1c(N)[nH]c2cccc(Br)c12. The summed E-state index contributed by atoms with van der Waals surface area (Å²) in [5.41, 5.74) is 6.90. The highest BCUT2D eigenvalue weighted by molar-refractivity contribution is 9.10. The van der Waals surface area contributed by atoms with Crippen molar-refractivity contribution in [2.24, 2.45) is 0 Å². The first kappa shape index (κ1) is 10.0. The van der Waals surface area contributed by atoms with E-state index in [1.807, 2.05) is 18.2 Å². The number of hydrogen-bond donors (Lipinski definition) is 2. The molecule has 0 bridgehead atoms. The Balaban J connectivity index is 2.82. The van der Waals surface area contributed by atoms with Crippen LogP contribution in [-0.2, 0) is 4.74 Å². The molecule has 2 aromatic rings. The summed E-state index contributed by atoms with van der Waals surface area (Å²) in [6.07, 6.45) is 0. The second-order valence-electron chi connectivity index (χ2n) is 3.07. The molecule has 15 heavy (non-hydrogen) atoms. The lowest BCUT2D eigenvalue weighted by atomic mass is 10.1. The molecule has 0 atom stereocenters. The molecule has 0 aliphatic heterocycles. The number of aromatic amines is 1. The molecule has 1 aromatic heterocycles. The van der Waals surface area contributed by atoms with Crippen LogP contribution in [-0.4, -0.2) is 18.1 Å². The molecular formula is C10H9BrN2O2. The van der Waals surface area contributed by atoms with Gasteiger partial charge in [0.05, 0.1) is 7.11 Å². The number of anilines is 1. The number of hydrogen-bond acceptors (Lipinski definition) is 3. The number of fused-ring (bicyclic) bond motifs is 1. The van der Waals surface area contributed by atoms with Crippen LogP contribution in [0.3, 0.4) is 0 Å². The molecule has 5 heteroatoms. The number of ether oxygens (including phenoxy) is 1. The summed E-state index contributed by atoms with van der Waals surface area (Å²) in [7, 11) is 1.33. The monoisotopic (exact) mass is 268 g/mol. The minimum absolute atomic E-state index is 0.323. The number of rotatable bonds is 1. The van der Waals surface area contributed by atoms with Gasteiger partial charge in [-0.1, -0.05) is 22.0 Å². The van der Waals surface area contributed by atoms with Gasteiger partial charge in [0.1, 0.15) is 11.4 Å². The Kier molecular flexibility index (Phi) is 2.40. The van der Waals surface area contributed by atoms with Gasteiger partial charge in [-0.15, -0.1) is 0 Å². The van der Waals surface area contributed by atoms with Crippen molar-refractivity contribution in [1.82, 2.24) is 4.98 Å². The Morgan fingerprint density at radius 2 is 2.27 bits per heavy atom. The molecule has 0 spiro atoms. The first-order chi connectivity index (χ1) is 7.15. The maximum Gasteiger partial charge on any atom is 0.342 e. The lowest BCUT2D eigenvalue weighted by Gasteiger charge is -1.99. The van der Waals surface area contributed by atoms with E-state index in [4.69, 9.17) is 5.73 Å². The number of esters is 1. The number of methoxy groups -OCH3 is 1. The summed E-state index contributed by atoms with van der Waals surface area (Å²) in [6.45, 7) is 0. The van der Waals surface area contributed by atoms with E-state index in [9.17, 15) is 4.79 Å². The second-order valence-corrected chi connectivity index (χ2v) is 3.92. The van der Waals surface area contributed by atoms with Crippen LogP contribution in [0.15, 0.2) is 22.7 Å². The fraction of sp³-hybridized carbons (Fsp3) is 0.100. The number of halogens is 1. The molecule has 0 saturated heterocycles. The van der Waals surface area contributed by atoms with Gasteiger partial charge < -0.3 is 15.5 Å². The smallest absolute Gasteiger partial charge is 0.342 e. The van der Waals surface area contributed by atoms with E-state index >= 15 is 0 Å². The normalized spacial score (nSPS) is 10.5. The molecular weight excluding hydrogens is 260 g/mol. The van der Waals surface area contributed by atoms with E-state index in [0.717, 1.165) is 15.4 Å². The molecule has 0 aliphatic carbocycles. The van der Waals surface area contributed by atoms with Crippen LogP contribution in [0.5, 0.6) is 0 Å². The standard InChI is InChI=1S/C10H9BrN2O2/c1-15-10(14)8-7-5(11)3-2-4-6(7)13-9(8)12/h2-4,13H,12H2,1H3. The van der Waals surface area contributed by atoms with Crippen molar-refractivity contribution in [3.63, 3.8) is 0 Å². The summed E-state index contributed by atoms with van der Waals surface area (Å²) in [5.74, 6) is -0.116. The van der Waals surface area contributed by atoms with Crippen molar-refractivity contribution in [2.75, 3.05) is 12.8 Å². The van der Waals surface area contributed by atoms with E-state index in [0.29, 0.717) is 11.4 Å². The molecule has 78 valence electrons. The number of carbonyl (C=O) groups is 1. The topological polar surface area (TPSA) is 68.1 Å². The largest absolute Gasteiger partial charge is 0.465 e. The summed E-state index contributed by atoms with van der Waals surface area (Å²) < 4.78 is 5.49. The average molecular weight is 269 g/mol. The zero-order valence-corrected chi connectivity index (χ0v) is 9.59. The van der Waals surface area contributed by atoms with Crippen molar-refractivity contribution in [3.05, 3.63) is 28.2 Å². The van der Waals surface area contributed by atoms with Crippen molar-refractivity contribution in [3.8, 4) is 0 Å². The number of benzene rings is 1. The average Bonchev–Trinajstić information content (AvgIpc) is 2.55. The number of aromatic nitrogens is 1. The fourth-order valence-electron chi connectivity index (χ4n) is 1.54. The van der Waals surface area contributed by atoms with Crippen molar-refractivity contribution < 1.29 is 9.53 Å². The Morgan fingerprint density at radius 1 is 1.53 bits per heavy atom. The molecule has 0 fully saturated rings. The minimum atomic E-state index is -0.439. The van der Waals surface area contributed by atoms with Gasteiger partial charge in [0, 0.05) is 15.4 Å². The van der Waals surface area contributed by atoms with Crippen molar-refractivity contribution >= 4 is 38.6 Å². The maximum absolute atomic E-state index is 11.5. The number of H-pyrrole nitrogens is 1. The summed E-state index contributed by atoms with van der Waals surface area (Å²) in [4.78, 5) is 14.4. The van der Waals surface area contributed by atoms with Gasteiger partial charge in [-0.25, -0.2) is 4.79 Å². The van der Waals surface area contributed by atoms with Gasteiger partial charge in [0.25, 0.3) is 0 Å². The number of carbonyl (C=O) groups excluding carboxylic acids is 1. The fourth-order valence-corrected chi connectivity index (χ4v) is 2.10. The van der Waals surface area contributed by atoms with Crippen LogP contribution >= 0.6 is 15.9 Å².